The Labute approximate surface area is 145 Å². The van der Waals surface area contributed by atoms with Gasteiger partial charge >= 0.3 is 0 Å². The third kappa shape index (κ3) is 5.64. The molecular formula is C19H29N3O2. The maximum atomic E-state index is 12.4. The zero-order valence-electron chi connectivity index (χ0n) is 14.9. The molecule has 1 N–H and O–H groups in total. The van der Waals surface area contributed by atoms with E-state index in [0.29, 0.717) is 26.1 Å². The van der Waals surface area contributed by atoms with E-state index < -0.39 is 0 Å². The number of unbranched alkanes of at least 4 members (excludes halogenated alkanes) is 1. The van der Waals surface area contributed by atoms with Crippen molar-refractivity contribution in [3.63, 3.8) is 0 Å². The highest BCUT2D eigenvalue weighted by atomic mass is 16.2. The van der Waals surface area contributed by atoms with Crippen molar-refractivity contribution in [3.05, 3.63) is 35.4 Å². The molecule has 0 saturated carbocycles. The Bertz CT molecular complexity index is 534. The average molecular weight is 331 g/mol. The SMILES string of the molecule is CCCCc1ccc(CC(=O)N2CCN(CC(=O)NC)CC2)cc1. The number of piperazine rings is 1. The minimum atomic E-state index is 0.0259. The fourth-order valence-electron chi connectivity index (χ4n) is 2.93. The molecule has 1 aliphatic heterocycles. The fourth-order valence-corrected chi connectivity index (χ4v) is 2.93. The van der Waals surface area contributed by atoms with Crippen molar-refractivity contribution in [1.82, 2.24) is 15.1 Å². The first-order valence-electron chi connectivity index (χ1n) is 8.91. The van der Waals surface area contributed by atoms with Gasteiger partial charge in [0, 0.05) is 33.2 Å². The molecule has 1 fully saturated rings. The van der Waals surface area contributed by atoms with Crippen molar-refractivity contribution in [3.8, 4) is 0 Å². The van der Waals surface area contributed by atoms with Crippen molar-refractivity contribution in [1.29, 1.82) is 0 Å². The van der Waals surface area contributed by atoms with E-state index in [1.165, 1.54) is 18.4 Å². The summed E-state index contributed by atoms with van der Waals surface area (Å²) in [5.74, 6) is 0.203. The van der Waals surface area contributed by atoms with E-state index in [2.05, 4.69) is 41.4 Å². The zero-order valence-corrected chi connectivity index (χ0v) is 14.9. The molecular weight excluding hydrogens is 302 g/mol. The molecule has 132 valence electrons. The number of likely N-dealkylation sites (N-methyl/N-ethyl adjacent to an activating group) is 1. The fraction of sp³-hybridized carbons (Fsp3) is 0.579. The summed E-state index contributed by atoms with van der Waals surface area (Å²) in [6.07, 6.45) is 3.98. The maximum Gasteiger partial charge on any atom is 0.233 e. The van der Waals surface area contributed by atoms with E-state index in [1.54, 1.807) is 7.05 Å². The highest BCUT2D eigenvalue weighted by Gasteiger charge is 2.22. The molecule has 5 heteroatoms. The number of carbonyl (C=O) groups excluding carboxylic acids is 2. The van der Waals surface area contributed by atoms with Gasteiger partial charge in [0.1, 0.15) is 0 Å². The van der Waals surface area contributed by atoms with Gasteiger partial charge in [-0.15, -0.1) is 0 Å². The van der Waals surface area contributed by atoms with Crippen molar-refractivity contribution in [2.24, 2.45) is 0 Å². The zero-order chi connectivity index (χ0) is 17.4. The van der Waals surface area contributed by atoms with Crippen LogP contribution in [-0.4, -0.2) is 61.4 Å². The number of hydrogen-bond donors (Lipinski definition) is 1. The quantitative estimate of drug-likeness (QED) is 0.823. The van der Waals surface area contributed by atoms with Crippen LogP contribution in [0.5, 0.6) is 0 Å². The Balaban J connectivity index is 1.78. The van der Waals surface area contributed by atoms with E-state index >= 15 is 0 Å². The Kier molecular flexibility index (Phi) is 7.25. The van der Waals surface area contributed by atoms with Crippen LogP contribution >= 0.6 is 0 Å². The first-order valence-corrected chi connectivity index (χ1v) is 8.91. The third-order valence-corrected chi connectivity index (χ3v) is 4.57. The molecule has 2 rings (SSSR count). The van der Waals surface area contributed by atoms with Crippen LogP contribution in [0.3, 0.4) is 0 Å². The van der Waals surface area contributed by atoms with E-state index in [-0.39, 0.29) is 11.8 Å². The van der Waals surface area contributed by atoms with Crippen LogP contribution in [0.4, 0.5) is 0 Å². The summed E-state index contributed by atoms with van der Waals surface area (Å²) >= 11 is 0. The van der Waals surface area contributed by atoms with Gasteiger partial charge in [0.05, 0.1) is 13.0 Å². The Morgan fingerprint density at radius 2 is 1.67 bits per heavy atom. The van der Waals surface area contributed by atoms with E-state index in [4.69, 9.17) is 0 Å². The highest BCUT2D eigenvalue weighted by Crippen LogP contribution is 2.11. The van der Waals surface area contributed by atoms with Gasteiger partial charge in [-0.25, -0.2) is 0 Å². The normalized spacial score (nSPS) is 15.3. The number of benzene rings is 1. The molecule has 0 aromatic heterocycles. The lowest BCUT2D eigenvalue weighted by Crippen LogP contribution is -2.51. The minimum Gasteiger partial charge on any atom is -0.358 e. The van der Waals surface area contributed by atoms with E-state index in [0.717, 1.165) is 25.1 Å². The maximum absolute atomic E-state index is 12.4. The number of nitrogens with one attached hydrogen (secondary N) is 1. The second kappa shape index (κ2) is 9.42. The third-order valence-electron chi connectivity index (χ3n) is 4.57. The van der Waals surface area contributed by atoms with Gasteiger partial charge in [-0.1, -0.05) is 37.6 Å². The molecule has 5 nitrogen and oxygen atoms in total. The molecule has 1 aromatic carbocycles. The summed E-state index contributed by atoms with van der Waals surface area (Å²) in [4.78, 5) is 27.8. The summed E-state index contributed by atoms with van der Waals surface area (Å²) in [5.41, 5.74) is 2.42. The van der Waals surface area contributed by atoms with Crippen LogP contribution in [-0.2, 0) is 22.4 Å². The minimum absolute atomic E-state index is 0.0259. The first kappa shape index (κ1) is 18.5. The summed E-state index contributed by atoms with van der Waals surface area (Å²) in [6, 6.07) is 8.43. The molecule has 1 heterocycles. The molecule has 0 spiro atoms. The van der Waals surface area contributed by atoms with Crippen LogP contribution in [0.1, 0.15) is 30.9 Å². The lowest BCUT2D eigenvalue weighted by molar-refractivity contribution is -0.132. The number of rotatable bonds is 7. The Morgan fingerprint density at radius 1 is 1.04 bits per heavy atom. The van der Waals surface area contributed by atoms with E-state index in [1.807, 2.05) is 4.90 Å². The molecule has 1 aliphatic rings. The molecule has 1 saturated heterocycles. The van der Waals surface area contributed by atoms with Gasteiger partial charge in [0.15, 0.2) is 0 Å². The van der Waals surface area contributed by atoms with Gasteiger partial charge < -0.3 is 10.2 Å². The van der Waals surface area contributed by atoms with Crippen molar-refractivity contribution >= 4 is 11.8 Å². The molecule has 0 radical (unpaired) electrons. The van der Waals surface area contributed by atoms with Crippen molar-refractivity contribution in [2.45, 2.75) is 32.6 Å². The second-order valence-corrected chi connectivity index (χ2v) is 6.43. The Hall–Kier alpha value is -1.88. The summed E-state index contributed by atoms with van der Waals surface area (Å²) < 4.78 is 0. The van der Waals surface area contributed by atoms with E-state index in [9.17, 15) is 9.59 Å². The van der Waals surface area contributed by atoms with Gasteiger partial charge in [-0.05, 0) is 24.0 Å². The topological polar surface area (TPSA) is 52.7 Å². The van der Waals surface area contributed by atoms with Crippen LogP contribution in [0.2, 0.25) is 0 Å². The largest absolute Gasteiger partial charge is 0.358 e. The number of hydrogen-bond acceptors (Lipinski definition) is 3. The summed E-state index contributed by atoms with van der Waals surface area (Å²) in [7, 11) is 1.65. The number of nitrogens with zero attached hydrogens (tertiary/aromatic N) is 2. The standard InChI is InChI=1S/C19H29N3O2/c1-3-4-5-16-6-8-17(9-7-16)14-19(24)22-12-10-21(11-13-22)15-18(23)20-2/h6-9H,3-5,10-15H2,1-2H3,(H,20,23). The molecule has 2 amide bonds. The molecule has 0 atom stereocenters. The van der Waals surface area contributed by atoms with Gasteiger partial charge in [-0.3, -0.25) is 14.5 Å². The molecule has 0 aliphatic carbocycles. The monoisotopic (exact) mass is 331 g/mol. The van der Waals surface area contributed by atoms with Crippen LogP contribution < -0.4 is 5.32 Å². The molecule has 24 heavy (non-hydrogen) atoms. The number of aryl methyl sites for hydroxylation is 1. The summed E-state index contributed by atoms with van der Waals surface area (Å²) in [6.45, 7) is 5.53. The van der Waals surface area contributed by atoms with Gasteiger partial charge in [0.25, 0.3) is 0 Å². The first-order chi connectivity index (χ1) is 11.6. The molecule has 0 unspecified atom stereocenters. The predicted octanol–water partition coefficient (Wildman–Crippen LogP) is 1.46. The molecule has 0 bridgehead atoms. The van der Waals surface area contributed by atoms with Crippen molar-refractivity contribution in [2.75, 3.05) is 39.8 Å². The average Bonchev–Trinajstić information content (AvgIpc) is 2.61. The number of amides is 2. The second-order valence-electron chi connectivity index (χ2n) is 6.43. The summed E-state index contributed by atoms with van der Waals surface area (Å²) in [5, 5.41) is 2.63. The van der Waals surface area contributed by atoms with Crippen LogP contribution in [0, 0.1) is 0 Å². The lowest BCUT2D eigenvalue weighted by atomic mass is 10.0. The van der Waals surface area contributed by atoms with Crippen LogP contribution in [0.15, 0.2) is 24.3 Å². The Morgan fingerprint density at radius 3 is 2.25 bits per heavy atom. The number of carbonyl (C=O) groups is 2. The smallest absolute Gasteiger partial charge is 0.233 e. The van der Waals surface area contributed by atoms with Crippen molar-refractivity contribution < 1.29 is 9.59 Å². The van der Waals surface area contributed by atoms with Crippen LogP contribution in [0.25, 0.3) is 0 Å². The molecule has 1 aromatic rings. The van der Waals surface area contributed by atoms with Gasteiger partial charge in [0.2, 0.25) is 11.8 Å². The predicted molar refractivity (Wildman–Crippen MR) is 95.8 cm³/mol. The highest BCUT2D eigenvalue weighted by molar-refractivity contribution is 5.79. The van der Waals surface area contributed by atoms with Gasteiger partial charge in [-0.2, -0.15) is 0 Å². The lowest BCUT2D eigenvalue weighted by Gasteiger charge is -2.34.